The van der Waals surface area contributed by atoms with Crippen molar-refractivity contribution in [1.82, 2.24) is 4.98 Å². The fraction of sp³-hybridized carbons (Fsp3) is 0.368. The van der Waals surface area contributed by atoms with Gasteiger partial charge in [-0.25, -0.2) is 14.2 Å². The number of rotatable bonds is 5. The lowest BCUT2D eigenvalue weighted by Gasteiger charge is -2.20. The smallest absolute Gasteiger partial charge is 0.341 e. The van der Waals surface area contributed by atoms with Crippen molar-refractivity contribution in [1.29, 1.82) is 0 Å². The molecular formula is C19H20Cl2FNO4. The molecule has 27 heavy (non-hydrogen) atoms. The van der Waals surface area contributed by atoms with E-state index in [9.17, 15) is 9.18 Å². The monoisotopic (exact) mass is 415 g/mol. The lowest BCUT2D eigenvalue weighted by molar-refractivity contribution is 0.00647. The quantitative estimate of drug-likeness (QED) is 0.555. The van der Waals surface area contributed by atoms with Crippen LogP contribution in [-0.4, -0.2) is 22.7 Å². The molecule has 0 aliphatic heterocycles. The van der Waals surface area contributed by atoms with Crippen LogP contribution in [0.4, 0.5) is 4.39 Å². The molecule has 2 rings (SSSR count). The summed E-state index contributed by atoms with van der Waals surface area (Å²) in [6, 6.07) is 3.64. The third kappa shape index (κ3) is 5.97. The fourth-order valence-electron chi connectivity index (χ4n) is 2.00. The molecular weight excluding hydrogens is 396 g/mol. The van der Waals surface area contributed by atoms with Crippen molar-refractivity contribution in [3.05, 3.63) is 45.8 Å². The zero-order chi connectivity index (χ0) is 20.4. The molecule has 2 aromatic rings. The van der Waals surface area contributed by atoms with Crippen molar-refractivity contribution in [2.75, 3.05) is 0 Å². The minimum atomic E-state index is -0.817. The summed E-state index contributed by atoms with van der Waals surface area (Å²) in [4.78, 5) is 16.1. The first-order chi connectivity index (χ1) is 12.5. The van der Waals surface area contributed by atoms with Gasteiger partial charge in [0.25, 0.3) is 0 Å². The van der Waals surface area contributed by atoms with E-state index in [1.807, 2.05) is 13.8 Å². The predicted molar refractivity (Wildman–Crippen MR) is 102 cm³/mol. The zero-order valence-corrected chi connectivity index (χ0v) is 17.1. The predicted octanol–water partition coefficient (Wildman–Crippen LogP) is 6.06. The number of halogens is 3. The van der Waals surface area contributed by atoms with Gasteiger partial charge in [-0.15, -0.1) is 0 Å². The number of nitrogens with zero attached hydrogens (tertiary/aromatic N) is 1. The van der Waals surface area contributed by atoms with Crippen molar-refractivity contribution < 1.29 is 23.4 Å². The second kappa shape index (κ2) is 8.31. The Morgan fingerprint density at radius 3 is 2.37 bits per heavy atom. The van der Waals surface area contributed by atoms with E-state index < -0.39 is 17.4 Å². The molecule has 0 spiro atoms. The Bertz CT molecular complexity index is 850. The van der Waals surface area contributed by atoms with Gasteiger partial charge in [-0.3, -0.25) is 0 Å². The Kier molecular flexibility index (Phi) is 6.54. The van der Waals surface area contributed by atoms with Crippen LogP contribution in [0.1, 0.15) is 45.0 Å². The molecule has 8 heteroatoms. The third-order valence-electron chi connectivity index (χ3n) is 3.00. The lowest BCUT2D eigenvalue weighted by atomic mass is 10.1. The molecule has 1 heterocycles. The van der Waals surface area contributed by atoms with Crippen molar-refractivity contribution in [2.24, 2.45) is 0 Å². The van der Waals surface area contributed by atoms with E-state index >= 15 is 0 Å². The highest BCUT2D eigenvalue weighted by Crippen LogP contribution is 2.34. The van der Waals surface area contributed by atoms with Crippen LogP contribution < -0.4 is 9.47 Å². The fourth-order valence-corrected chi connectivity index (χ4v) is 2.40. The largest absolute Gasteiger partial charge is 0.474 e. The van der Waals surface area contributed by atoms with E-state index in [4.69, 9.17) is 37.4 Å². The van der Waals surface area contributed by atoms with Crippen LogP contribution in [-0.2, 0) is 4.74 Å². The van der Waals surface area contributed by atoms with Crippen LogP contribution in [0.25, 0.3) is 0 Å². The van der Waals surface area contributed by atoms with E-state index in [1.54, 1.807) is 20.8 Å². The Hall–Kier alpha value is -2.05. The number of hydrogen-bond acceptors (Lipinski definition) is 5. The molecule has 0 atom stereocenters. The van der Waals surface area contributed by atoms with Crippen molar-refractivity contribution in [2.45, 2.75) is 46.3 Å². The van der Waals surface area contributed by atoms with Gasteiger partial charge in [0.1, 0.15) is 27.9 Å². The Morgan fingerprint density at radius 2 is 1.81 bits per heavy atom. The van der Waals surface area contributed by atoms with Gasteiger partial charge >= 0.3 is 5.97 Å². The Morgan fingerprint density at radius 1 is 1.15 bits per heavy atom. The molecule has 0 aliphatic rings. The van der Waals surface area contributed by atoms with Crippen molar-refractivity contribution in [3.8, 4) is 17.4 Å². The van der Waals surface area contributed by atoms with Gasteiger partial charge in [-0.05, 0) is 40.7 Å². The van der Waals surface area contributed by atoms with Crippen LogP contribution in [0.3, 0.4) is 0 Å². The molecule has 0 saturated carbocycles. The van der Waals surface area contributed by atoms with Crippen molar-refractivity contribution >= 4 is 29.2 Å². The summed E-state index contributed by atoms with van der Waals surface area (Å²) in [6.07, 6.45) is 1.28. The number of carbonyl (C=O) groups is 1. The van der Waals surface area contributed by atoms with E-state index in [0.29, 0.717) is 0 Å². The maximum absolute atomic E-state index is 14.3. The average molecular weight is 416 g/mol. The van der Waals surface area contributed by atoms with E-state index in [1.165, 1.54) is 12.3 Å². The number of carbonyl (C=O) groups excluding carboxylic acids is 1. The topological polar surface area (TPSA) is 57.7 Å². The number of esters is 1. The highest BCUT2D eigenvalue weighted by Gasteiger charge is 2.23. The third-order valence-corrected chi connectivity index (χ3v) is 3.56. The van der Waals surface area contributed by atoms with Crippen LogP contribution in [0, 0.1) is 5.82 Å². The summed E-state index contributed by atoms with van der Waals surface area (Å²) in [5.74, 6) is -1.12. The van der Waals surface area contributed by atoms with Crippen LogP contribution in [0.15, 0.2) is 24.4 Å². The second-order valence-electron chi connectivity index (χ2n) is 6.99. The van der Waals surface area contributed by atoms with Crippen molar-refractivity contribution in [3.63, 3.8) is 0 Å². The summed E-state index contributed by atoms with van der Waals surface area (Å²) in [7, 11) is 0. The van der Waals surface area contributed by atoms with Crippen LogP contribution in [0.2, 0.25) is 10.0 Å². The number of hydrogen-bond donors (Lipinski definition) is 0. The minimum absolute atomic E-state index is 0.0110. The van der Waals surface area contributed by atoms with Gasteiger partial charge in [0.05, 0.1) is 22.9 Å². The van der Waals surface area contributed by atoms with Crippen LogP contribution in [0.5, 0.6) is 17.4 Å². The molecule has 0 unspecified atom stereocenters. The molecule has 0 N–H and O–H groups in total. The summed E-state index contributed by atoms with van der Waals surface area (Å²) >= 11 is 12.2. The molecule has 1 aromatic carbocycles. The van der Waals surface area contributed by atoms with E-state index in [2.05, 4.69) is 4.98 Å². The summed E-state index contributed by atoms with van der Waals surface area (Å²) < 4.78 is 30.5. The van der Waals surface area contributed by atoms with Gasteiger partial charge in [-0.1, -0.05) is 23.2 Å². The van der Waals surface area contributed by atoms with Gasteiger partial charge < -0.3 is 14.2 Å². The normalized spacial score (nSPS) is 11.4. The summed E-state index contributed by atoms with van der Waals surface area (Å²) in [6.45, 7) is 8.75. The Balaban J connectivity index is 2.24. The van der Waals surface area contributed by atoms with E-state index in [-0.39, 0.29) is 39.1 Å². The number of aromatic nitrogens is 1. The van der Waals surface area contributed by atoms with E-state index in [0.717, 1.165) is 12.1 Å². The molecule has 146 valence electrons. The van der Waals surface area contributed by atoms with Crippen LogP contribution >= 0.6 is 23.2 Å². The summed E-state index contributed by atoms with van der Waals surface area (Å²) in [5, 5.41) is 0.277. The number of pyridine rings is 1. The first-order valence-electron chi connectivity index (χ1n) is 8.18. The van der Waals surface area contributed by atoms with Gasteiger partial charge in [0.2, 0.25) is 5.88 Å². The molecule has 0 aliphatic carbocycles. The maximum Gasteiger partial charge on any atom is 0.341 e. The highest BCUT2D eigenvalue weighted by atomic mass is 35.5. The molecule has 0 bridgehead atoms. The molecule has 0 fully saturated rings. The zero-order valence-electron chi connectivity index (χ0n) is 15.6. The van der Waals surface area contributed by atoms with Gasteiger partial charge in [0.15, 0.2) is 0 Å². The molecule has 0 radical (unpaired) electrons. The SMILES string of the molecule is CC(C)Oc1ncc(Oc2cc(F)c(C(=O)OC(C)(C)C)cc2Cl)cc1Cl. The molecule has 5 nitrogen and oxygen atoms in total. The molecule has 0 saturated heterocycles. The lowest BCUT2D eigenvalue weighted by Crippen LogP contribution is -2.24. The Labute approximate surface area is 167 Å². The average Bonchev–Trinajstić information content (AvgIpc) is 2.51. The minimum Gasteiger partial charge on any atom is -0.474 e. The number of benzene rings is 1. The van der Waals surface area contributed by atoms with Gasteiger partial charge in [-0.2, -0.15) is 0 Å². The number of ether oxygens (including phenoxy) is 3. The highest BCUT2D eigenvalue weighted by molar-refractivity contribution is 6.32. The van der Waals surface area contributed by atoms with Gasteiger partial charge in [0, 0.05) is 12.1 Å². The summed E-state index contributed by atoms with van der Waals surface area (Å²) in [5.41, 5.74) is -1.04. The second-order valence-corrected chi connectivity index (χ2v) is 7.81. The maximum atomic E-state index is 14.3. The first kappa shape index (κ1) is 21.3. The molecule has 1 aromatic heterocycles. The molecule has 0 amide bonds. The standard InChI is InChI=1S/C19H20Cl2FNO4/c1-10(2)25-17-14(21)6-11(9-23-17)26-16-8-15(22)12(7-13(16)20)18(24)27-19(3,4)5/h6-10H,1-5H3. The first-order valence-corrected chi connectivity index (χ1v) is 8.94.